The molecule has 6 heteroatoms. The first-order chi connectivity index (χ1) is 8.10. The Morgan fingerprint density at radius 3 is 2.76 bits per heavy atom. The second-order valence-corrected chi connectivity index (χ2v) is 4.02. The van der Waals surface area contributed by atoms with E-state index in [1.165, 1.54) is 18.2 Å². The van der Waals surface area contributed by atoms with Gasteiger partial charge in [-0.05, 0) is 18.2 Å². The summed E-state index contributed by atoms with van der Waals surface area (Å²) in [4.78, 5) is 18.0. The average molecular weight is 273 g/mol. The molecule has 17 heavy (non-hydrogen) atoms. The second-order valence-electron chi connectivity index (χ2n) is 3.34. The van der Waals surface area contributed by atoms with E-state index in [1.807, 2.05) is 0 Å². The van der Waals surface area contributed by atoms with E-state index in [9.17, 15) is 9.18 Å². The number of H-pyrrole nitrogens is 1. The maximum atomic E-state index is 12.9. The smallest absolute Gasteiger partial charge is 0.251 e. The molecule has 0 saturated heterocycles. The molecule has 0 aliphatic carbocycles. The third kappa shape index (κ3) is 2.65. The molecule has 2 rings (SSSR count). The summed E-state index contributed by atoms with van der Waals surface area (Å²) in [5, 5.41) is 0.180. The van der Waals surface area contributed by atoms with Crippen LogP contribution in [0.3, 0.4) is 0 Å². The van der Waals surface area contributed by atoms with Gasteiger partial charge in [-0.25, -0.2) is 9.37 Å². The Morgan fingerprint density at radius 1 is 1.35 bits per heavy atom. The van der Waals surface area contributed by atoms with Crippen LogP contribution in [0.4, 0.5) is 4.39 Å². The third-order valence-electron chi connectivity index (χ3n) is 2.12. The van der Waals surface area contributed by atoms with Crippen LogP contribution in [0, 0.1) is 5.82 Å². The van der Waals surface area contributed by atoms with E-state index in [-0.39, 0.29) is 22.3 Å². The van der Waals surface area contributed by atoms with Crippen molar-refractivity contribution in [1.82, 2.24) is 9.97 Å². The zero-order valence-corrected chi connectivity index (χ0v) is 10.0. The fourth-order valence-electron chi connectivity index (χ4n) is 1.39. The van der Waals surface area contributed by atoms with E-state index < -0.39 is 5.82 Å². The molecule has 1 heterocycles. The highest BCUT2D eigenvalue weighted by molar-refractivity contribution is 6.33. The Balaban J connectivity index is 2.60. The summed E-state index contributed by atoms with van der Waals surface area (Å²) < 4.78 is 12.9. The summed E-state index contributed by atoms with van der Waals surface area (Å²) in [5.74, 6) is -0.0526. The third-order valence-corrected chi connectivity index (χ3v) is 2.70. The molecule has 0 spiro atoms. The Labute approximate surface area is 106 Å². The van der Waals surface area contributed by atoms with Crippen molar-refractivity contribution in [3.63, 3.8) is 0 Å². The number of aromatic nitrogens is 2. The minimum Gasteiger partial charge on any atom is -0.306 e. The van der Waals surface area contributed by atoms with Gasteiger partial charge in [-0.15, -0.1) is 11.6 Å². The zero-order chi connectivity index (χ0) is 12.4. The van der Waals surface area contributed by atoms with E-state index in [4.69, 9.17) is 23.2 Å². The summed E-state index contributed by atoms with van der Waals surface area (Å²) in [7, 11) is 0. The van der Waals surface area contributed by atoms with Gasteiger partial charge in [0, 0.05) is 11.6 Å². The molecule has 1 aromatic heterocycles. The predicted molar refractivity (Wildman–Crippen MR) is 64.8 cm³/mol. The zero-order valence-electron chi connectivity index (χ0n) is 8.51. The number of aromatic amines is 1. The van der Waals surface area contributed by atoms with Gasteiger partial charge in [-0.3, -0.25) is 4.79 Å². The number of benzene rings is 1. The molecule has 0 unspecified atom stereocenters. The molecule has 2 aromatic rings. The van der Waals surface area contributed by atoms with Gasteiger partial charge in [0.1, 0.15) is 11.6 Å². The van der Waals surface area contributed by atoms with Crippen LogP contribution in [0.1, 0.15) is 5.69 Å². The number of hydrogen-bond acceptors (Lipinski definition) is 2. The predicted octanol–water partition coefficient (Wildman–Crippen LogP) is 2.97. The Kier molecular flexibility index (Phi) is 3.45. The molecule has 0 saturated carbocycles. The van der Waals surface area contributed by atoms with Crippen molar-refractivity contribution in [2.24, 2.45) is 0 Å². The van der Waals surface area contributed by atoms with Crippen molar-refractivity contribution >= 4 is 23.2 Å². The van der Waals surface area contributed by atoms with Crippen molar-refractivity contribution in [3.8, 4) is 11.4 Å². The van der Waals surface area contributed by atoms with Crippen LogP contribution in [-0.4, -0.2) is 9.97 Å². The first-order valence-corrected chi connectivity index (χ1v) is 5.63. The monoisotopic (exact) mass is 272 g/mol. The van der Waals surface area contributed by atoms with Gasteiger partial charge in [0.15, 0.2) is 0 Å². The summed E-state index contributed by atoms with van der Waals surface area (Å²) in [6.45, 7) is 0. The van der Waals surface area contributed by atoms with Gasteiger partial charge in [0.25, 0.3) is 5.56 Å². The van der Waals surface area contributed by atoms with Gasteiger partial charge in [0.05, 0.1) is 16.6 Å². The lowest BCUT2D eigenvalue weighted by molar-refractivity contribution is 0.628. The van der Waals surface area contributed by atoms with Crippen LogP contribution >= 0.6 is 23.2 Å². The van der Waals surface area contributed by atoms with E-state index in [0.717, 1.165) is 6.07 Å². The lowest BCUT2D eigenvalue weighted by Gasteiger charge is -2.04. The molecular formula is C11H7Cl2FN2O. The number of rotatable bonds is 2. The van der Waals surface area contributed by atoms with Gasteiger partial charge in [0.2, 0.25) is 0 Å². The van der Waals surface area contributed by atoms with Gasteiger partial charge >= 0.3 is 0 Å². The molecule has 1 aromatic carbocycles. The van der Waals surface area contributed by atoms with E-state index in [0.29, 0.717) is 11.3 Å². The fourth-order valence-corrected chi connectivity index (χ4v) is 1.78. The topological polar surface area (TPSA) is 45.8 Å². The van der Waals surface area contributed by atoms with Crippen molar-refractivity contribution in [1.29, 1.82) is 0 Å². The van der Waals surface area contributed by atoms with Gasteiger partial charge in [-0.2, -0.15) is 0 Å². The van der Waals surface area contributed by atoms with Crippen molar-refractivity contribution in [2.75, 3.05) is 0 Å². The maximum Gasteiger partial charge on any atom is 0.251 e. The lowest BCUT2D eigenvalue weighted by atomic mass is 10.2. The molecule has 0 aliphatic rings. The molecule has 88 valence electrons. The number of nitrogens with zero attached hydrogens (tertiary/aromatic N) is 1. The first kappa shape index (κ1) is 12.1. The summed E-state index contributed by atoms with van der Waals surface area (Å²) >= 11 is 11.5. The van der Waals surface area contributed by atoms with Crippen LogP contribution in [0.5, 0.6) is 0 Å². The minimum atomic E-state index is -0.449. The van der Waals surface area contributed by atoms with Crippen LogP contribution in [-0.2, 0) is 5.88 Å². The largest absolute Gasteiger partial charge is 0.306 e. The van der Waals surface area contributed by atoms with Crippen molar-refractivity contribution in [2.45, 2.75) is 5.88 Å². The average Bonchev–Trinajstić information content (AvgIpc) is 2.28. The van der Waals surface area contributed by atoms with Crippen molar-refractivity contribution < 1.29 is 4.39 Å². The van der Waals surface area contributed by atoms with E-state index >= 15 is 0 Å². The highest BCUT2D eigenvalue weighted by Crippen LogP contribution is 2.25. The van der Waals surface area contributed by atoms with Crippen LogP contribution in [0.2, 0.25) is 5.02 Å². The molecule has 0 amide bonds. The Hall–Kier alpha value is -1.39. The van der Waals surface area contributed by atoms with Crippen molar-refractivity contribution in [3.05, 3.63) is 51.2 Å². The fraction of sp³-hybridized carbons (Fsp3) is 0.0909. The number of nitrogens with one attached hydrogen (secondary N) is 1. The lowest BCUT2D eigenvalue weighted by Crippen LogP contribution is -2.09. The molecule has 0 bridgehead atoms. The molecule has 0 radical (unpaired) electrons. The number of halogens is 3. The highest BCUT2D eigenvalue weighted by atomic mass is 35.5. The highest BCUT2D eigenvalue weighted by Gasteiger charge is 2.08. The van der Waals surface area contributed by atoms with Crippen LogP contribution in [0.25, 0.3) is 11.4 Å². The summed E-state index contributed by atoms with van der Waals surface area (Å²) in [6.07, 6.45) is 0. The van der Waals surface area contributed by atoms with Crippen LogP contribution in [0.15, 0.2) is 29.1 Å². The number of hydrogen-bond donors (Lipinski definition) is 1. The standard InChI is InChI=1S/C11H7Cl2FN2O/c12-5-7-4-10(17)16-11(15-7)8-2-1-6(14)3-9(8)13/h1-4H,5H2,(H,15,16,17). The second kappa shape index (κ2) is 4.85. The Bertz CT molecular complexity index is 613. The van der Waals surface area contributed by atoms with Gasteiger partial charge in [-0.1, -0.05) is 11.6 Å². The molecule has 3 nitrogen and oxygen atoms in total. The molecule has 0 fully saturated rings. The number of alkyl halides is 1. The van der Waals surface area contributed by atoms with E-state index in [1.54, 1.807) is 0 Å². The maximum absolute atomic E-state index is 12.9. The molecule has 0 aliphatic heterocycles. The SMILES string of the molecule is O=c1cc(CCl)nc(-c2ccc(F)cc2Cl)[nH]1. The Morgan fingerprint density at radius 2 is 2.12 bits per heavy atom. The van der Waals surface area contributed by atoms with E-state index in [2.05, 4.69) is 9.97 Å². The first-order valence-electron chi connectivity index (χ1n) is 4.72. The molecule has 0 atom stereocenters. The quantitative estimate of drug-likeness (QED) is 0.855. The van der Waals surface area contributed by atoms with Crippen LogP contribution < -0.4 is 5.56 Å². The molecular weight excluding hydrogens is 266 g/mol. The minimum absolute atomic E-state index is 0.121. The normalized spacial score (nSPS) is 10.5. The van der Waals surface area contributed by atoms with Gasteiger partial charge < -0.3 is 4.98 Å². The molecule has 1 N–H and O–H groups in total. The summed E-state index contributed by atoms with van der Waals surface area (Å²) in [6, 6.07) is 5.15. The summed E-state index contributed by atoms with van der Waals surface area (Å²) in [5.41, 5.74) is 0.564.